The molecule has 0 unspecified atom stereocenters. The number of aryl methyl sites for hydroxylation is 1. The molecule has 0 amide bonds. The third-order valence-electron chi connectivity index (χ3n) is 2.97. The van der Waals surface area contributed by atoms with Crippen LogP contribution < -0.4 is 5.73 Å². The summed E-state index contributed by atoms with van der Waals surface area (Å²) in [5.74, 6) is 0. The Morgan fingerprint density at radius 1 is 1.24 bits per heavy atom. The summed E-state index contributed by atoms with van der Waals surface area (Å²) < 4.78 is 2.00. The van der Waals surface area contributed by atoms with Gasteiger partial charge in [-0.2, -0.15) is 5.10 Å². The number of aromatic nitrogens is 2. The molecule has 0 fully saturated rings. The van der Waals surface area contributed by atoms with E-state index in [1.165, 1.54) is 16.7 Å². The Labute approximate surface area is 102 Å². The predicted octanol–water partition coefficient (Wildman–Crippen LogP) is 2.90. The molecule has 0 aliphatic carbocycles. The predicted molar refractivity (Wildman–Crippen MR) is 70.7 cm³/mol. The number of benzene rings is 1. The molecular weight excluding hydrogens is 210 g/mol. The van der Waals surface area contributed by atoms with E-state index in [-0.39, 0.29) is 0 Å². The Hall–Kier alpha value is -1.61. The average Bonchev–Trinajstić information content (AvgIpc) is 2.71. The summed E-state index contributed by atoms with van der Waals surface area (Å²) in [5.41, 5.74) is 10.4. The first-order valence-electron chi connectivity index (χ1n) is 5.97. The van der Waals surface area contributed by atoms with Crippen LogP contribution in [0.2, 0.25) is 0 Å². The normalized spacial score (nSPS) is 11.1. The number of hydrogen-bond donors (Lipinski definition) is 1. The van der Waals surface area contributed by atoms with Crippen molar-refractivity contribution in [2.24, 2.45) is 5.73 Å². The van der Waals surface area contributed by atoms with E-state index in [4.69, 9.17) is 5.73 Å². The van der Waals surface area contributed by atoms with E-state index in [0.29, 0.717) is 12.6 Å². The molecule has 17 heavy (non-hydrogen) atoms. The lowest BCUT2D eigenvalue weighted by atomic mass is 10.0. The lowest BCUT2D eigenvalue weighted by molar-refractivity contribution is 0.529. The lowest BCUT2D eigenvalue weighted by Crippen LogP contribution is -2.00. The minimum Gasteiger partial charge on any atom is -0.326 e. The molecule has 0 atom stereocenters. The molecule has 0 radical (unpaired) electrons. The minimum atomic E-state index is 0.382. The summed E-state index contributed by atoms with van der Waals surface area (Å²) in [4.78, 5) is 0. The number of nitrogens with two attached hydrogens (primary N) is 1. The summed E-state index contributed by atoms with van der Waals surface area (Å²) in [6.45, 7) is 6.86. The van der Waals surface area contributed by atoms with E-state index in [9.17, 15) is 0 Å². The molecule has 1 heterocycles. The van der Waals surface area contributed by atoms with Crippen molar-refractivity contribution in [3.8, 4) is 11.1 Å². The number of hydrogen-bond acceptors (Lipinski definition) is 2. The van der Waals surface area contributed by atoms with Crippen LogP contribution in [0.4, 0.5) is 0 Å². The van der Waals surface area contributed by atoms with Gasteiger partial charge in [-0.05, 0) is 31.9 Å². The molecule has 2 aromatic rings. The maximum Gasteiger partial charge on any atom is 0.0672 e. The highest BCUT2D eigenvalue weighted by molar-refractivity contribution is 5.68. The number of nitrogens with zero attached hydrogens (tertiary/aromatic N) is 2. The van der Waals surface area contributed by atoms with Gasteiger partial charge in [0.25, 0.3) is 0 Å². The Morgan fingerprint density at radius 3 is 2.53 bits per heavy atom. The van der Waals surface area contributed by atoms with Crippen molar-refractivity contribution in [2.75, 3.05) is 0 Å². The van der Waals surface area contributed by atoms with E-state index < -0.39 is 0 Å². The van der Waals surface area contributed by atoms with Crippen molar-refractivity contribution in [1.29, 1.82) is 0 Å². The van der Waals surface area contributed by atoms with Gasteiger partial charge < -0.3 is 5.73 Å². The fraction of sp³-hybridized carbons (Fsp3) is 0.357. The van der Waals surface area contributed by atoms with Crippen molar-refractivity contribution >= 4 is 0 Å². The van der Waals surface area contributed by atoms with Crippen molar-refractivity contribution in [1.82, 2.24) is 9.78 Å². The van der Waals surface area contributed by atoms with Crippen molar-refractivity contribution in [2.45, 2.75) is 33.4 Å². The zero-order chi connectivity index (χ0) is 12.4. The maximum absolute atomic E-state index is 5.78. The Kier molecular flexibility index (Phi) is 3.29. The van der Waals surface area contributed by atoms with Gasteiger partial charge in [-0.1, -0.05) is 24.3 Å². The zero-order valence-electron chi connectivity index (χ0n) is 10.6. The highest BCUT2D eigenvalue weighted by Crippen LogP contribution is 2.26. The van der Waals surface area contributed by atoms with Gasteiger partial charge in [-0.3, -0.25) is 4.68 Å². The summed E-state index contributed by atoms with van der Waals surface area (Å²) in [5, 5.41) is 4.54. The third kappa shape index (κ3) is 2.24. The van der Waals surface area contributed by atoms with Gasteiger partial charge in [-0.15, -0.1) is 0 Å². The van der Waals surface area contributed by atoms with Crippen LogP contribution in [0.15, 0.2) is 30.5 Å². The second-order valence-electron chi connectivity index (χ2n) is 4.56. The van der Waals surface area contributed by atoms with Crippen molar-refractivity contribution in [3.05, 3.63) is 41.7 Å². The summed E-state index contributed by atoms with van der Waals surface area (Å²) in [6.07, 6.45) is 2.11. The first-order valence-corrected chi connectivity index (χ1v) is 5.97. The molecule has 2 N–H and O–H groups in total. The maximum atomic E-state index is 5.78. The summed E-state index contributed by atoms with van der Waals surface area (Å²) >= 11 is 0. The molecule has 1 aromatic heterocycles. The van der Waals surface area contributed by atoms with Crippen molar-refractivity contribution in [3.63, 3.8) is 0 Å². The van der Waals surface area contributed by atoms with Crippen LogP contribution in [0.25, 0.3) is 11.1 Å². The molecule has 0 saturated carbocycles. The molecule has 3 heteroatoms. The molecule has 1 aromatic carbocycles. The van der Waals surface area contributed by atoms with Gasteiger partial charge in [0.15, 0.2) is 0 Å². The molecule has 0 aliphatic rings. The van der Waals surface area contributed by atoms with Gasteiger partial charge in [0.05, 0.1) is 5.69 Å². The van der Waals surface area contributed by atoms with Crippen LogP contribution >= 0.6 is 0 Å². The molecular formula is C14H19N3. The second kappa shape index (κ2) is 4.72. The highest BCUT2D eigenvalue weighted by Gasteiger charge is 2.11. The van der Waals surface area contributed by atoms with Gasteiger partial charge >= 0.3 is 0 Å². The fourth-order valence-corrected chi connectivity index (χ4v) is 1.97. The Morgan fingerprint density at radius 2 is 1.94 bits per heavy atom. The van der Waals surface area contributed by atoms with Crippen LogP contribution in [0, 0.1) is 6.92 Å². The molecule has 0 spiro atoms. The summed E-state index contributed by atoms with van der Waals surface area (Å²) in [7, 11) is 0. The highest BCUT2D eigenvalue weighted by atomic mass is 15.3. The fourth-order valence-electron chi connectivity index (χ4n) is 1.97. The van der Waals surface area contributed by atoms with E-state index >= 15 is 0 Å². The van der Waals surface area contributed by atoms with Crippen LogP contribution in [0.5, 0.6) is 0 Å². The van der Waals surface area contributed by atoms with Crippen LogP contribution in [0.3, 0.4) is 0 Å². The monoisotopic (exact) mass is 229 g/mol. The standard InChI is InChI=1S/C14H19N3/c1-10(2)17-9-14(11(3)16-17)13-7-5-4-6-12(13)8-15/h4-7,9-10H,8,15H2,1-3H3. The van der Waals surface area contributed by atoms with E-state index in [1.54, 1.807) is 0 Å². The van der Waals surface area contributed by atoms with Gasteiger partial charge in [0, 0.05) is 24.3 Å². The Bertz CT molecular complexity index is 512. The van der Waals surface area contributed by atoms with E-state index in [1.807, 2.05) is 23.7 Å². The lowest BCUT2D eigenvalue weighted by Gasteiger charge is -2.06. The summed E-state index contributed by atoms with van der Waals surface area (Å²) in [6, 6.07) is 8.62. The molecule has 0 bridgehead atoms. The largest absolute Gasteiger partial charge is 0.326 e. The van der Waals surface area contributed by atoms with Gasteiger partial charge in [0.1, 0.15) is 0 Å². The van der Waals surface area contributed by atoms with Crippen molar-refractivity contribution < 1.29 is 0 Å². The third-order valence-corrected chi connectivity index (χ3v) is 2.97. The van der Waals surface area contributed by atoms with E-state index in [0.717, 1.165) is 5.69 Å². The van der Waals surface area contributed by atoms with Crippen LogP contribution in [0.1, 0.15) is 31.1 Å². The Balaban J connectivity index is 2.52. The number of rotatable bonds is 3. The van der Waals surface area contributed by atoms with Crippen LogP contribution in [-0.2, 0) is 6.54 Å². The smallest absolute Gasteiger partial charge is 0.0672 e. The van der Waals surface area contributed by atoms with Gasteiger partial charge in [0.2, 0.25) is 0 Å². The quantitative estimate of drug-likeness (QED) is 0.879. The molecule has 0 saturated heterocycles. The second-order valence-corrected chi connectivity index (χ2v) is 4.56. The molecule has 0 aliphatic heterocycles. The minimum absolute atomic E-state index is 0.382. The zero-order valence-corrected chi connectivity index (χ0v) is 10.6. The molecule has 2 rings (SSSR count). The van der Waals surface area contributed by atoms with Crippen LogP contribution in [-0.4, -0.2) is 9.78 Å². The first kappa shape index (κ1) is 11.9. The first-order chi connectivity index (χ1) is 8.13. The molecule has 3 nitrogen and oxygen atoms in total. The SMILES string of the molecule is Cc1nn(C(C)C)cc1-c1ccccc1CN. The average molecular weight is 229 g/mol. The van der Waals surface area contributed by atoms with Gasteiger partial charge in [-0.25, -0.2) is 0 Å². The topological polar surface area (TPSA) is 43.8 Å². The van der Waals surface area contributed by atoms with E-state index in [2.05, 4.69) is 37.3 Å². The molecule has 90 valence electrons.